The number of rotatable bonds is 4. The molecule has 0 unspecified atom stereocenters. The van der Waals surface area contributed by atoms with Crippen molar-refractivity contribution in [3.63, 3.8) is 0 Å². The van der Waals surface area contributed by atoms with Gasteiger partial charge in [0, 0.05) is 33.9 Å². The average molecular weight is 470 g/mol. The summed E-state index contributed by atoms with van der Waals surface area (Å²) in [6.07, 6.45) is 0. The minimum atomic E-state index is 0.621. The molecule has 0 aliphatic heterocycles. The first kappa shape index (κ1) is 20.6. The van der Waals surface area contributed by atoms with Crippen LogP contribution in [0.2, 0.25) is 0 Å². The number of nitrogens with zero attached hydrogens (tertiary/aromatic N) is 5. The van der Waals surface area contributed by atoms with Crippen LogP contribution >= 0.6 is 0 Å². The Morgan fingerprint density at radius 1 is 0.722 bits per heavy atom. The Hall–Kier alpha value is -4.71. The first-order chi connectivity index (χ1) is 17.7. The quantitative estimate of drug-likeness (QED) is 0.285. The Labute approximate surface area is 207 Å². The van der Waals surface area contributed by atoms with Crippen LogP contribution in [0.25, 0.3) is 61.2 Å². The monoisotopic (exact) mass is 469 g/mol. The molecule has 3 aromatic heterocycles. The fraction of sp³-hybridized carbons (Fsp3) is 0.100. The third-order valence-electron chi connectivity index (χ3n) is 6.85. The van der Waals surface area contributed by atoms with E-state index in [1.54, 1.807) is 7.11 Å². The lowest BCUT2D eigenvalue weighted by molar-refractivity contribution is 0.415. The summed E-state index contributed by atoms with van der Waals surface area (Å²) < 4.78 is 9.86. The SMILES string of the molecule is CCn1c2ccccc2c2cc(-n3c(-c4ccc(OC)cc4)nc4nc5ccccc5nc43)ccc21. The Bertz CT molecular complexity index is 1910. The summed E-state index contributed by atoms with van der Waals surface area (Å²) in [7, 11) is 1.67. The maximum Gasteiger partial charge on any atom is 0.199 e. The van der Waals surface area contributed by atoms with Gasteiger partial charge in [-0.25, -0.2) is 15.0 Å². The molecule has 174 valence electrons. The van der Waals surface area contributed by atoms with Crippen molar-refractivity contribution in [2.75, 3.05) is 7.11 Å². The minimum Gasteiger partial charge on any atom is -0.497 e. The Morgan fingerprint density at radius 3 is 2.22 bits per heavy atom. The van der Waals surface area contributed by atoms with E-state index in [0.717, 1.165) is 46.1 Å². The highest BCUT2D eigenvalue weighted by Crippen LogP contribution is 2.34. The number of benzene rings is 4. The van der Waals surface area contributed by atoms with Crippen LogP contribution in [-0.4, -0.2) is 31.2 Å². The molecule has 0 amide bonds. The van der Waals surface area contributed by atoms with Crippen molar-refractivity contribution in [3.8, 4) is 22.8 Å². The van der Waals surface area contributed by atoms with Gasteiger partial charge in [0.2, 0.25) is 0 Å². The standard InChI is InChI=1S/C30H23N5O/c1-3-34-26-11-7-4-8-22(26)23-18-20(14-17-27(23)34)35-29(19-12-15-21(36-2)16-13-19)33-28-30(35)32-25-10-6-5-9-24(25)31-28/h4-18H,3H2,1-2H3. The molecule has 4 aromatic carbocycles. The van der Waals surface area contributed by atoms with Crippen LogP contribution in [0.5, 0.6) is 5.75 Å². The van der Waals surface area contributed by atoms with Crippen LogP contribution < -0.4 is 4.74 Å². The van der Waals surface area contributed by atoms with Crippen LogP contribution in [0.1, 0.15) is 6.92 Å². The summed E-state index contributed by atoms with van der Waals surface area (Å²) in [5, 5.41) is 2.45. The molecule has 6 nitrogen and oxygen atoms in total. The molecule has 0 aliphatic carbocycles. The predicted octanol–water partition coefficient (Wildman–Crippen LogP) is 6.77. The fourth-order valence-corrected chi connectivity index (χ4v) is 5.16. The fourth-order valence-electron chi connectivity index (χ4n) is 5.16. The lowest BCUT2D eigenvalue weighted by Gasteiger charge is -2.11. The summed E-state index contributed by atoms with van der Waals surface area (Å²) >= 11 is 0. The van der Waals surface area contributed by atoms with Crippen molar-refractivity contribution in [3.05, 3.63) is 91.0 Å². The number of aryl methyl sites for hydroxylation is 1. The number of para-hydroxylation sites is 3. The number of imidazole rings is 1. The zero-order chi connectivity index (χ0) is 24.2. The van der Waals surface area contributed by atoms with Crippen LogP contribution in [-0.2, 0) is 6.54 Å². The van der Waals surface area contributed by atoms with Gasteiger partial charge in [0.25, 0.3) is 0 Å². The van der Waals surface area contributed by atoms with Gasteiger partial charge in [-0.2, -0.15) is 0 Å². The van der Waals surface area contributed by atoms with E-state index in [1.807, 2.05) is 48.5 Å². The van der Waals surface area contributed by atoms with Crippen molar-refractivity contribution < 1.29 is 4.74 Å². The first-order valence-corrected chi connectivity index (χ1v) is 12.1. The van der Waals surface area contributed by atoms with E-state index in [4.69, 9.17) is 19.7 Å². The van der Waals surface area contributed by atoms with Gasteiger partial charge in [-0.15, -0.1) is 0 Å². The molecule has 0 N–H and O–H groups in total. The van der Waals surface area contributed by atoms with Crippen molar-refractivity contribution in [1.29, 1.82) is 0 Å². The highest BCUT2D eigenvalue weighted by Gasteiger charge is 2.19. The molecular weight excluding hydrogens is 446 g/mol. The van der Waals surface area contributed by atoms with E-state index < -0.39 is 0 Å². The second-order valence-corrected chi connectivity index (χ2v) is 8.82. The van der Waals surface area contributed by atoms with Crippen LogP contribution in [0.15, 0.2) is 91.0 Å². The van der Waals surface area contributed by atoms with Crippen LogP contribution in [0, 0.1) is 0 Å². The van der Waals surface area contributed by atoms with Gasteiger partial charge in [-0.1, -0.05) is 30.3 Å². The summed E-state index contributed by atoms with van der Waals surface area (Å²) in [5.74, 6) is 1.60. The molecule has 0 fully saturated rings. The van der Waals surface area contributed by atoms with Crippen molar-refractivity contribution in [2.24, 2.45) is 0 Å². The maximum atomic E-state index is 5.38. The number of hydrogen-bond donors (Lipinski definition) is 0. The Balaban J connectivity index is 1.56. The van der Waals surface area contributed by atoms with Gasteiger partial charge >= 0.3 is 0 Å². The zero-order valence-electron chi connectivity index (χ0n) is 20.0. The molecule has 0 saturated carbocycles. The van der Waals surface area contributed by atoms with Gasteiger partial charge in [0.1, 0.15) is 11.6 Å². The summed E-state index contributed by atoms with van der Waals surface area (Å²) in [4.78, 5) is 14.8. The highest BCUT2D eigenvalue weighted by atomic mass is 16.5. The Morgan fingerprint density at radius 2 is 1.44 bits per heavy atom. The zero-order valence-corrected chi connectivity index (χ0v) is 20.0. The van der Waals surface area contributed by atoms with E-state index in [9.17, 15) is 0 Å². The van der Waals surface area contributed by atoms with E-state index >= 15 is 0 Å². The number of hydrogen-bond acceptors (Lipinski definition) is 4. The van der Waals surface area contributed by atoms with Crippen molar-refractivity contribution >= 4 is 44.1 Å². The second-order valence-electron chi connectivity index (χ2n) is 8.82. The lowest BCUT2D eigenvalue weighted by Crippen LogP contribution is -2.00. The van der Waals surface area contributed by atoms with E-state index in [1.165, 1.54) is 21.8 Å². The normalized spacial score (nSPS) is 11.7. The Kier molecular flexibility index (Phi) is 4.54. The third kappa shape index (κ3) is 3.01. The number of ether oxygens (including phenoxy) is 1. The summed E-state index contributed by atoms with van der Waals surface area (Å²) in [5.41, 5.74) is 7.45. The van der Waals surface area contributed by atoms with Crippen LogP contribution in [0.3, 0.4) is 0 Å². The average Bonchev–Trinajstić information content (AvgIpc) is 3.46. The second kappa shape index (κ2) is 7.92. The van der Waals surface area contributed by atoms with Gasteiger partial charge < -0.3 is 9.30 Å². The molecule has 0 radical (unpaired) electrons. The molecule has 7 rings (SSSR count). The van der Waals surface area contributed by atoms with E-state index in [0.29, 0.717) is 5.65 Å². The number of methoxy groups -OCH3 is 1. The smallest absolute Gasteiger partial charge is 0.199 e. The predicted molar refractivity (Wildman–Crippen MR) is 145 cm³/mol. The van der Waals surface area contributed by atoms with Crippen molar-refractivity contribution in [2.45, 2.75) is 13.5 Å². The largest absolute Gasteiger partial charge is 0.497 e. The molecule has 0 spiro atoms. The molecular formula is C30H23N5O. The number of aromatic nitrogens is 5. The molecule has 3 heterocycles. The number of fused-ring (bicyclic) bond motifs is 5. The summed E-state index contributed by atoms with van der Waals surface area (Å²) in [6, 6.07) is 31.0. The van der Waals surface area contributed by atoms with Gasteiger partial charge in [-0.3, -0.25) is 4.57 Å². The van der Waals surface area contributed by atoms with Gasteiger partial charge in [0.15, 0.2) is 11.3 Å². The van der Waals surface area contributed by atoms with Crippen LogP contribution in [0.4, 0.5) is 0 Å². The molecule has 7 aromatic rings. The van der Waals surface area contributed by atoms with Gasteiger partial charge in [0.05, 0.1) is 23.8 Å². The molecule has 36 heavy (non-hydrogen) atoms. The highest BCUT2D eigenvalue weighted by molar-refractivity contribution is 6.08. The van der Waals surface area contributed by atoms with E-state index in [-0.39, 0.29) is 0 Å². The molecule has 0 saturated heterocycles. The molecule has 6 heteroatoms. The first-order valence-electron chi connectivity index (χ1n) is 12.1. The van der Waals surface area contributed by atoms with E-state index in [2.05, 4.69) is 58.5 Å². The minimum absolute atomic E-state index is 0.621. The lowest BCUT2D eigenvalue weighted by atomic mass is 10.1. The maximum absolute atomic E-state index is 5.38. The molecule has 0 atom stereocenters. The molecule has 0 bridgehead atoms. The van der Waals surface area contributed by atoms with Crippen molar-refractivity contribution in [1.82, 2.24) is 24.1 Å². The van der Waals surface area contributed by atoms with Gasteiger partial charge in [-0.05, 0) is 67.6 Å². The summed E-state index contributed by atoms with van der Waals surface area (Å²) in [6.45, 7) is 3.09. The molecule has 0 aliphatic rings. The topological polar surface area (TPSA) is 57.8 Å². The third-order valence-corrected chi connectivity index (χ3v) is 6.85.